The highest BCUT2D eigenvalue weighted by atomic mass is 32.2. The van der Waals surface area contributed by atoms with Crippen LogP contribution in [-0.4, -0.2) is 69.2 Å². The van der Waals surface area contributed by atoms with Crippen molar-refractivity contribution in [2.75, 3.05) is 38.6 Å². The van der Waals surface area contributed by atoms with E-state index >= 15 is 0 Å². The van der Waals surface area contributed by atoms with Crippen molar-refractivity contribution in [3.63, 3.8) is 0 Å². The zero-order valence-corrected chi connectivity index (χ0v) is 17.8. The molecule has 0 spiro atoms. The number of carbonyl (C=O) groups excluding carboxylic acids is 1. The Balaban J connectivity index is 1.64. The quantitative estimate of drug-likeness (QED) is 0.593. The number of amides is 1. The van der Waals surface area contributed by atoms with Crippen molar-refractivity contribution < 1.29 is 31.8 Å². The number of hydrogen-bond acceptors (Lipinski definition) is 10. The molecular weight excluding hydrogens is 422 g/mol. The maximum absolute atomic E-state index is 12.0. The topological polar surface area (TPSA) is 130 Å². The largest absolute Gasteiger partial charge is 0.493 e. The van der Waals surface area contributed by atoms with E-state index in [1.807, 2.05) is 0 Å². The molecule has 1 amide bonds. The van der Waals surface area contributed by atoms with Gasteiger partial charge in [-0.25, -0.2) is 8.42 Å². The summed E-state index contributed by atoms with van der Waals surface area (Å²) in [6.45, 7) is 0. The molecule has 0 aliphatic carbocycles. The number of carbonyl (C=O) groups is 1. The van der Waals surface area contributed by atoms with Gasteiger partial charge in [0.05, 0.1) is 38.6 Å². The number of thioether (sulfide) groups is 1. The predicted molar refractivity (Wildman–Crippen MR) is 105 cm³/mol. The van der Waals surface area contributed by atoms with Crippen LogP contribution in [0.3, 0.4) is 0 Å². The second kappa shape index (κ2) is 8.91. The lowest BCUT2D eigenvalue weighted by molar-refractivity contribution is -0.119. The molecule has 2 heterocycles. The van der Waals surface area contributed by atoms with Crippen molar-refractivity contribution in [1.29, 1.82) is 0 Å². The van der Waals surface area contributed by atoms with Gasteiger partial charge in [-0.3, -0.25) is 4.79 Å². The Morgan fingerprint density at radius 2 is 1.90 bits per heavy atom. The van der Waals surface area contributed by atoms with Crippen molar-refractivity contribution in [3.05, 3.63) is 12.1 Å². The second-order valence-corrected chi connectivity index (χ2v) is 9.40. The molecule has 1 saturated heterocycles. The summed E-state index contributed by atoms with van der Waals surface area (Å²) in [6, 6.07) is 3.01. The number of methoxy groups -OCH3 is 3. The lowest BCUT2D eigenvalue weighted by atomic mass is 10.2. The van der Waals surface area contributed by atoms with E-state index in [1.165, 1.54) is 21.3 Å². The molecule has 0 bridgehead atoms. The number of nitrogens with one attached hydrogen (secondary N) is 1. The van der Waals surface area contributed by atoms with E-state index in [-0.39, 0.29) is 40.3 Å². The van der Waals surface area contributed by atoms with Crippen LogP contribution >= 0.6 is 11.8 Å². The van der Waals surface area contributed by atoms with Crippen LogP contribution in [0.1, 0.15) is 6.42 Å². The van der Waals surface area contributed by atoms with Gasteiger partial charge in [-0.15, -0.1) is 10.2 Å². The minimum atomic E-state index is -3.04. The van der Waals surface area contributed by atoms with Crippen LogP contribution in [-0.2, 0) is 14.6 Å². The molecule has 0 unspecified atom stereocenters. The summed E-state index contributed by atoms with van der Waals surface area (Å²) in [6.07, 6.45) is 0.435. The van der Waals surface area contributed by atoms with Gasteiger partial charge in [-0.2, -0.15) is 0 Å². The number of hydrogen-bond donors (Lipinski definition) is 1. The zero-order valence-electron chi connectivity index (χ0n) is 16.1. The highest BCUT2D eigenvalue weighted by Crippen LogP contribution is 2.41. The molecule has 29 heavy (non-hydrogen) atoms. The molecule has 1 aliphatic heterocycles. The molecule has 0 radical (unpaired) electrons. The summed E-state index contributed by atoms with van der Waals surface area (Å²) in [4.78, 5) is 12.0. The minimum Gasteiger partial charge on any atom is -0.493 e. The number of aromatic nitrogens is 2. The van der Waals surface area contributed by atoms with Crippen LogP contribution in [0.2, 0.25) is 0 Å². The monoisotopic (exact) mass is 443 g/mol. The second-order valence-electron chi connectivity index (χ2n) is 6.24. The van der Waals surface area contributed by atoms with Gasteiger partial charge in [-0.1, -0.05) is 11.8 Å². The lowest BCUT2D eigenvalue weighted by Gasteiger charge is -2.12. The molecule has 1 aromatic heterocycles. The molecular formula is C17H21N3O7S2. The molecule has 2 aromatic rings. The molecule has 158 valence electrons. The van der Waals surface area contributed by atoms with Gasteiger partial charge in [-0.05, 0) is 18.6 Å². The first-order valence-electron chi connectivity index (χ1n) is 8.61. The first-order valence-corrected chi connectivity index (χ1v) is 11.4. The third-order valence-electron chi connectivity index (χ3n) is 4.24. The third-order valence-corrected chi connectivity index (χ3v) is 6.83. The fourth-order valence-corrected chi connectivity index (χ4v) is 5.14. The van der Waals surface area contributed by atoms with E-state index in [0.29, 0.717) is 29.2 Å². The number of nitrogens with zero attached hydrogens (tertiary/aromatic N) is 2. The van der Waals surface area contributed by atoms with Crippen LogP contribution in [0.15, 0.2) is 21.8 Å². The highest BCUT2D eigenvalue weighted by molar-refractivity contribution is 7.99. The Morgan fingerprint density at radius 1 is 1.21 bits per heavy atom. The maximum Gasteiger partial charge on any atom is 0.277 e. The van der Waals surface area contributed by atoms with Crippen LogP contribution in [0.5, 0.6) is 17.2 Å². The fourth-order valence-electron chi connectivity index (χ4n) is 2.89. The van der Waals surface area contributed by atoms with Crippen molar-refractivity contribution in [2.45, 2.75) is 17.7 Å². The average molecular weight is 444 g/mol. The van der Waals surface area contributed by atoms with Gasteiger partial charge >= 0.3 is 0 Å². The molecule has 12 heteroatoms. The fraction of sp³-hybridized carbons (Fsp3) is 0.471. The number of benzene rings is 1. The summed E-state index contributed by atoms with van der Waals surface area (Å²) in [5, 5.41) is 10.8. The molecule has 3 rings (SSSR count). The normalized spacial score (nSPS) is 17.7. The van der Waals surface area contributed by atoms with Crippen molar-refractivity contribution in [2.24, 2.45) is 0 Å². The summed E-state index contributed by atoms with van der Waals surface area (Å²) in [7, 11) is 1.47. The van der Waals surface area contributed by atoms with Gasteiger partial charge in [0.2, 0.25) is 17.5 Å². The van der Waals surface area contributed by atoms with Crippen LogP contribution < -0.4 is 19.5 Å². The standard InChI is InChI=1S/C17H21N3O7S2/c1-24-12-6-10(7-13(25-2)15(12)26-3)16-19-20-17(27-16)28-8-14(21)18-11-4-5-29(22,23)9-11/h6-7,11H,4-5,8-9H2,1-3H3,(H,18,21)/t11-/m1/s1. The number of sulfone groups is 1. The first kappa shape index (κ1) is 21.2. The predicted octanol–water partition coefficient (Wildman–Crippen LogP) is 1.16. The molecule has 1 N–H and O–H groups in total. The number of rotatable bonds is 8. The summed E-state index contributed by atoms with van der Waals surface area (Å²) in [5.41, 5.74) is 0.569. The Labute approximate surface area is 172 Å². The zero-order chi connectivity index (χ0) is 21.0. The van der Waals surface area contributed by atoms with Crippen molar-refractivity contribution in [3.8, 4) is 28.7 Å². The number of ether oxygens (including phenoxy) is 3. The van der Waals surface area contributed by atoms with Crippen LogP contribution in [0.25, 0.3) is 11.5 Å². The van der Waals surface area contributed by atoms with E-state index in [1.54, 1.807) is 12.1 Å². The van der Waals surface area contributed by atoms with E-state index in [9.17, 15) is 13.2 Å². The van der Waals surface area contributed by atoms with E-state index < -0.39 is 9.84 Å². The van der Waals surface area contributed by atoms with Gasteiger partial charge in [0.15, 0.2) is 21.3 Å². The van der Waals surface area contributed by atoms with E-state index in [2.05, 4.69) is 15.5 Å². The van der Waals surface area contributed by atoms with E-state index in [4.69, 9.17) is 18.6 Å². The Kier molecular flexibility index (Phi) is 6.52. The first-order chi connectivity index (χ1) is 13.8. The van der Waals surface area contributed by atoms with Gasteiger partial charge in [0.1, 0.15) is 0 Å². The summed E-state index contributed by atoms with van der Waals surface area (Å²) >= 11 is 1.07. The van der Waals surface area contributed by atoms with Gasteiger partial charge < -0.3 is 23.9 Å². The van der Waals surface area contributed by atoms with E-state index in [0.717, 1.165) is 11.8 Å². The van der Waals surface area contributed by atoms with Crippen LogP contribution in [0, 0.1) is 0 Å². The Bertz CT molecular complexity index is 966. The lowest BCUT2D eigenvalue weighted by Crippen LogP contribution is -2.36. The molecule has 1 fully saturated rings. The maximum atomic E-state index is 12.0. The minimum absolute atomic E-state index is 0.0186. The Hall–Kier alpha value is -2.47. The summed E-state index contributed by atoms with van der Waals surface area (Å²) < 4.78 is 44.4. The Morgan fingerprint density at radius 3 is 2.45 bits per heavy atom. The highest BCUT2D eigenvalue weighted by Gasteiger charge is 2.29. The molecule has 10 nitrogen and oxygen atoms in total. The van der Waals surface area contributed by atoms with Crippen molar-refractivity contribution >= 4 is 27.5 Å². The summed E-state index contributed by atoms with van der Waals surface area (Å²) in [5.74, 6) is 1.40. The SMILES string of the molecule is COc1cc(-c2nnc(SCC(=O)N[C@@H]3CCS(=O)(=O)C3)o2)cc(OC)c1OC. The molecule has 0 saturated carbocycles. The average Bonchev–Trinajstić information content (AvgIpc) is 3.31. The molecule has 1 aliphatic rings. The molecule has 1 aromatic carbocycles. The van der Waals surface area contributed by atoms with Crippen LogP contribution in [0.4, 0.5) is 0 Å². The smallest absolute Gasteiger partial charge is 0.277 e. The van der Waals surface area contributed by atoms with Gasteiger partial charge in [0.25, 0.3) is 5.22 Å². The van der Waals surface area contributed by atoms with Crippen molar-refractivity contribution in [1.82, 2.24) is 15.5 Å². The molecule has 1 atom stereocenters. The third kappa shape index (κ3) is 5.12. The van der Waals surface area contributed by atoms with Gasteiger partial charge in [0, 0.05) is 11.6 Å².